The van der Waals surface area contributed by atoms with E-state index in [1.807, 2.05) is 0 Å². The second-order valence-electron chi connectivity index (χ2n) is 7.69. The Bertz CT molecular complexity index is 314. The lowest BCUT2D eigenvalue weighted by Crippen LogP contribution is -2.30. The van der Waals surface area contributed by atoms with Crippen LogP contribution in [0, 0.1) is 11.3 Å². The first-order valence-electron chi connectivity index (χ1n) is 8.31. The van der Waals surface area contributed by atoms with E-state index in [4.69, 9.17) is 4.74 Å². The van der Waals surface area contributed by atoms with Crippen molar-refractivity contribution in [3.05, 3.63) is 0 Å². The van der Waals surface area contributed by atoms with Crippen LogP contribution in [0.15, 0.2) is 0 Å². The number of carbonyl (C=O) groups is 1. The Hall–Kier alpha value is -0.220. The first kappa shape index (κ1) is 18.8. The molecule has 0 saturated carbocycles. The maximum absolute atomic E-state index is 11.2. The lowest BCUT2D eigenvalue weighted by atomic mass is 9.80. The second-order valence-corrected chi connectivity index (χ2v) is 10.2. The summed E-state index contributed by atoms with van der Waals surface area (Å²) in [5.41, 5.74) is 0.428. The van der Waals surface area contributed by atoms with Gasteiger partial charge in [-0.25, -0.2) is 0 Å². The Morgan fingerprint density at radius 3 is 2.71 bits per heavy atom. The number of nitrogens with one attached hydrogen (secondary N) is 1. The molecule has 0 spiro atoms. The molecule has 0 aromatic rings. The van der Waals surface area contributed by atoms with Gasteiger partial charge in [-0.2, -0.15) is 0 Å². The number of thiol groups is 1. The molecule has 1 amide bonds. The molecule has 1 aliphatic rings. The first-order chi connectivity index (χ1) is 9.80. The van der Waals surface area contributed by atoms with Crippen molar-refractivity contribution in [3.8, 4) is 0 Å². The number of ether oxygens (including phenoxy) is 1. The van der Waals surface area contributed by atoms with Crippen molar-refractivity contribution in [3.63, 3.8) is 0 Å². The lowest BCUT2D eigenvalue weighted by Gasteiger charge is -2.35. The van der Waals surface area contributed by atoms with Crippen LogP contribution in [0.25, 0.3) is 0 Å². The summed E-state index contributed by atoms with van der Waals surface area (Å²) in [4.78, 5) is 11.2. The molecule has 21 heavy (non-hydrogen) atoms. The Morgan fingerprint density at radius 2 is 2.10 bits per heavy atom. The predicted octanol–water partition coefficient (Wildman–Crippen LogP) is 3.38. The van der Waals surface area contributed by atoms with Crippen molar-refractivity contribution in [1.29, 1.82) is 0 Å². The minimum Gasteiger partial charge on any atom is -0.377 e. The van der Waals surface area contributed by atoms with Crippen LogP contribution in [0.4, 0.5) is 0 Å². The Balaban J connectivity index is 2.25. The zero-order chi connectivity index (χ0) is 15.9. The summed E-state index contributed by atoms with van der Waals surface area (Å²) in [5, 5.41) is 2.69. The van der Waals surface area contributed by atoms with Crippen molar-refractivity contribution in [2.45, 2.75) is 59.0 Å². The van der Waals surface area contributed by atoms with Crippen LogP contribution in [0.1, 0.15) is 52.9 Å². The van der Waals surface area contributed by atoms with Gasteiger partial charge in [-0.05, 0) is 49.0 Å². The molecule has 1 aliphatic heterocycles. The molecule has 4 heteroatoms. The van der Waals surface area contributed by atoms with Crippen LogP contribution < -0.4 is 5.32 Å². The van der Waals surface area contributed by atoms with E-state index in [0.29, 0.717) is 17.9 Å². The van der Waals surface area contributed by atoms with Gasteiger partial charge in [-0.3, -0.25) is 15.7 Å². The summed E-state index contributed by atoms with van der Waals surface area (Å²) in [5.74, 6) is 3.39. The molecule has 3 atom stereocenters. The van der Waals surface area contributed by atoms with Crippen LogP contribution >= 0.6 is 10.9 Å². The van der Waals surface area contributed by atoms with Crippen LogP contribution in [0.5, 0.6) is 0 Å². The van der Waals surface area contributed by atoms with Crippen LogP contribution in [0.2, 0.25) is 0 Å². The zero-order valence-corrected chi connectivity index (χ0v) is 15.5. The van der Waals surface area contributed by atoms with Gasteiger partial charge in [0.2, 0.25) is 5.91 Å². The quantitative estimate of drug-likeness (QED) is 0.707. The Labute approximate surface area is 133 Å². The molecule has 1 N–H and O–H groups in total. The maximum Gasteiger partial charge on any atom is 0.219 e. The molecule has 0 aliphatic carbocycles. The highest BCUT2D eigenvalue weighted by molar-refractivity contribution is 8.16. The van der Waals surface area contributed by atoms with Gasteiger partial charge < -0.3 is 10.1 Å². The number of hydrogen-bond donors (Lipinski definition) is 2. The largest absolute Gasteiger partial charge is 0.377 e. The second kappa shape index (κ2) is 9.04. The molecular formula is C17H35NO2S. The molecule has 1 heterocycles. The highest BCUT2D eigenvalue weighted by atomic mass is 32.2. The molecule has 3 unspecified atom stereocenters. The molecular weight excluding hydrogens is 282 g/mol. The molecule has 1 fully saturated rings. The van der Waals surface area contributed by atoms with Crippen molar-refractivity contribution in [2.24, 2.45) is 11.3 Å². The third-order valence-electron chi connectivity index (χ3n) is 4.11. The van der Waals surface area contributed by atoms with Crippen molar-refractivity contribution in [1.82, 2.24) is 5.32 Å². The number of carbonyl (C=O) groups excluding carboxylic acids is 1. The van der Waals surface area contributed by atoms with Gasteiger partial charge in [-0.15, -0.1) is 0 Å². The summed E-state index contributed by atoms with van der Waals surface area (Å²) in [7, 11) is 1.71. The van der Waals surface area contributed by atoms with Gasteiger partial charge in [0.25, 0.3) is 0 Å². The Morgan fingerprint density at radius 1 is 1.38 bits per heavy atom. The van der Waals surface area contributed by atoms with Gasteiger partial charge in [0, 0.05) is 25.8 Å². The summed E-state index contributed by atoms with van der Waals surface area (Å²) in [6.45, 7) is 7.95. The fourth-order valence-corrected chi connectivity index (χ4v) is 5.04. The topological polar surface area (TPSA) is 38.3 Å². The van der Waals surface area contributed by atoms with E-state index in [1.54, 1.807) is 7.05 Å². The molecule has 1 saturated heterocycles. The van der Waals surface area contributed by atoms with E-state index >= 15 is 0 Å². The third-order valence-corrected chi connectivity index (χ3v) is 6.23. The summed E-state index contributed by atoms with van der Waals surface area (Å²) in [6.07, 6.45) is 8.27. The van der Waals surface area contributed by atoms with E-state index < -0.39 is 0 Å². The van der Waals surface area contributed by atoms with E-state index in [1.165, 1.54) is 30.8 Å². The number of hydrogen-bond acceptors (Lipinski definition) is 2. The van der Waals surface area contributed by atoms with Crippen LogP contribution in [0.3, 0.4) is 0 Å². The molecule has 3 nitrogen and oxygen atoms in total. The summed E-state index contributed by atoms with van der Waals surface area (Å²) < 4.78 is 5.98. The summed E-state index contributed by atoms with van der Waals surface area (Å²) in [6, 6.07) is 0. The molecule has 0 radical (unpaired) electrons. The lowest BCUT2D eigenvalue weighted by molar-refractivity contribution is -0.120. The van der Waals surface area contributed by atoms with E-state index in [9.17, 15) is 4.79 Å². The molecule has 0 bridgehead atoms. The maximum atomic E-state index is 11.2. The van der Waals surface area contributed by atoms with Gasteiger partial charge in [-0.1, -0.05) is 20.8 Å². The zero-order valence-electron chi connectivity index (χ0n) is 14.6. The molecule has 126 valence electrons. The SMILES string of the molecule is CNC(=O)CCC[SH](C)CC1CC(CC(C)(C)C)CCO1. The van der Waals surface area contributed by atoms with Crippen molar-refractivity contribution < 1.29 is 9.53 Å². The fraction of sp³-hybridized carbons (Fsp3) is 0.941. The smallest absolute Gasteiger partial charge is 0.219 e. The van der Waals surface area contributed by atoms with E-state index in [2.05, 4.69) is 32.3 Å². The van der Waals surface area contributed by atoms with Crippen molar-refractivity contribution >= 4 is 16.8 Å². The molecule has 0 aromatic carbocycles. The normalized spacial score (nSPS) is 25.5. The van der Waals surface area contributed by atoms with Gasteiger partial charge >= 0.3 is 0 Å². The minimum atomic E-state index is 0.00376. The van der Waals surface area contributed by atoms with Gasteiger partial charge in [0.15, 0.2) is 0 Å². The molecule has 1 rings (SSSR count). The first-order valence-corrected chi connectivity index (χ1v) is 10.5. The van der Waals surface area contributed by atoms with Crippen LogP contribution in [-0.4, -0.2) is 43.4 Å². The molecule has 0 aromatic heterocycles. The predicted molar refractivity (Wildman–Crippen MR) is 94.5 cm³/mol. The number of amides is 1. The minimum absolute atomic E-state index is 0.00376. The highest BCUT2D eigenvalue weighted by Crippen LogP contribution is 2.35. The monoisotopic (exact) mass is 317 g/mol. The standard InChI is InChI=1S/C17H35NO2S/c1-17(2,3)12-14-8-9-20-15(11-14)13-21(5)10-6-7-16(19)18-4/h14-15,21H,6-13H2,1-5H3,(H,18,19). The van der Waals surface area contributed by atoms with E-state index in [-0.39, 0.29) is 16.8 Å². The average Bonchev–Trinajstić information content (AvgIpc) is 2.36. The summed E-state index contributed by atoms with van der Waals surface area (Å²) >= 11 is 0. The average molecular weight is 318 g/mol. The van der Waals surface area contributed by atoms with Crippen LogP contribution in [-0.2, 0) is 9.53 Å². The van der Waals surface area contributed by atoms with E-state index in [0.717, 1.165) is 18.9 Å². The van der Waals surface area contributed by atoms with Gasteiger partial charge in [0.05, 0.1) is 6.10 Å². The van der Waals surface area contributed by atoms with Gasteiger partial charge in [0.1, 0.15) is 0 Å². The Kier molecular flexibility index (Phi) is 8.10. The number of rotatable bonds is 7. The fourth-order valence-electron chi connectivity index (χ4n) is 3.21. The third kappa shape index (κ3) is 8.72. The highest BCUT2D eigenvalue weighted by Gasteiger charge is 2.26. The van der Waals surface area contributed by atoms with Crippen molar-refractivity contribution in [2.75, 3.05) is 31.4 Å².